The molecule has 1 fully saturated rings. The van der Waals surface area contributed by atoms with Gasteiger partial charge in [-0.2, -0.15) is 4.31 Å². The lowest BCUT2D eigenvalue weighted by atomic mass is 10.00. The summed E-state index contributed by atoms with van der Waals surface area (Å²) in [6.07, 6.45) is 4.28. The molecule has 1 unspecified atom stereocenters. The Morgan fingerprint density at radius 1 is 1.14 bits per heavy atom. The van der Waals surface area contributed by atoms with Crippen LogP contribution in [0, 0.1) is 5.92 Å². The summed E-state index contributed by atoms with van der Waals surface area (Å²) in [6, 6.07) is 8.92. The molecule has 0 saturated carbocycles. The van der Waals surface area contributed by atoms with Crippen LogP contribution in [0.1, 0.15) is 40.7 Å². The van der Waals surface area contributed by atoms with Crippen LogP contribution in [-0.4, -0.2) is 44.2 Å². The molecule has 0 spiro atoms. The van der Waals surface area contributed by atoms with Gasteiger partial charge in [0.1, 0.15) is 4.21 Å². The highest BCUT2D eigenvalue weighted by atomic mass is 32.2. The number of esters is 1. The van der Waals surface area contributed by atoms with E-state index in [9.17, 15) is 18.0 Å². The van der Waals surface area contributed by atoms with Gasteiger partial charge in [0.15, 0.2) is 12.4 Å². The highest BCUT2D eigenvalue weighted by molar-refractivity contribution is 7.91. The summed E-state index contributed by atoms with van der Waals surface area (Å²) in [4.78, 5) is 24.9. The third kappa shape index (κ3) is 4.29. The largest absolute Gasteiger partial charge is 0.457 e. The van der Waals surface area contributed by atoms with Crippen molar-refractivity contribution in [2.75, 3.05) is 19.7 Å². The number of benzene rings is 1. The Bertz CT molecular complexity index is 1010. The monoisotopic (exact) mass is 433 g/mol. The molecular formula is C21H23NO5S2. The highest BCUT2D eigenvalue weighted by Gasteiger charge is 2.34. The Morgan fingerprint density at radius 2 is 1.97 bits per heavy atom. The summed E-state index contributed by atoms with van der Waals surface area (Å²) in [5.41, 5.74) is 3.04. The lowest BCUT2D eigenvalue weighted by molar-refractivity contribution is -0.148. The standard InChI is InChI=1S/C21H23NO5S2/c23-19(17-9-8-15-4-1-5-16(15)12-17)14-27-21(24)18-6-2-10-22(13-18)29(25,26)20-7-3-11-28-20/h3,7-9,11-12,18H,1-2,4-6,10,13-14H2. The van der Waals surface area contributed by atoms with E-state index in [0.717, 1.165) is 30.6 Å². The fraction of sp³-hybridized carbons (Fsp3) is 0.429. The quantitative estimate of drug-likeness (QED) is 0.517. The molecule has 154 valence electrons. The SMILES string of the molecule is O=C(COC(=O)C1CCCN(S(=O)(=O)c2cccs2)C1)c1ccc2c(c1)CCC2. The molecule has 1 aromatic carbocycles. The minimum absolute atomic E-state index is 0.0894. The lowest BCUT2D eigenvalue weighted by Crippen LogP contribution is -2.42. The van der Waals surface area contributed by atoms with Gasteiger partial charge in [0, 0.05) is 18.7 Å². The molecule has 2 aliphatic rings. The number of ketones is 1. The topological polar surface area (TPSA) is 80.8 Å². The highest BCUT2D eigenvalue weighted by Crippen LogP contribution is 2.27. The van der Waals surface area contributed by atoms with Gasteiger partial charge >= 0.3 is 5.97 Å². The number of carbonyl (C=O) groups is 2. The van der Waals surface area contributed by atoms with Gasteiger partial charge in [0.25, 0.3) is 10.0 Å². The van der Waals surface area contributed by atoms with E-state index in [1.807, 2.05) is 12.1 Å². The van der Waals surface area contributed by atoms with E-state index < -0.39 is 21.9 Å². The number of sulfonamides is 1. The summed E-state index contributed by atoms with van der Waals surface area (Å²) < 4.78 is 32.3. The number of hydrogen-bond donors (Lipinski definition) is 0. The number of rotatable bonds is 6. The van der Waals surface area contributed by atoms with Gasteiger partial charge in [-0.15, -0.1) is 11.3 Å². The van der Waals surface area contributed by atoms with Crippen LogP contribution >= 0.6 is 11.3 Å². The van der Waals surface area contributed by atoms with Crippen LogP contribution in [0.25, 0.3) is 0 Å². The molecule has 6 nitrogen and oxygen atoms in total. The minimum Gasteiger partial charge on any atom is -0.457 e. The van der Waals surface area contributed by atoms with Gasteiger partial charge in [0.05, 0.1) is 5.92 Å². The number of aryl methyl sites for hydroxylation is 2. The van der Waals surface area contributed by atoms with Crippen LogP contribution in [0.3, 0.4) is 0 Å². The van der Waals surface area contributed by atoms with Gasteiger partial charge in [-0.05, 0) is 60.7 Å². The molecule has 0 radical (unpaired) electrons. The molecule has 1 aliphatic heterocycles. The van der Waals surface area contributed by atoms with Gasteiger partial charge < -0.3 is 4.74 Å². The molecule has 29 heavy (non-hydrogen) atoms. The first-order valence-electron chi connectivity index (χ1n) is 9.80. The number of Topliss-reactive ketones (excluding diaryl/α,β-unsaturated/α-hetero) is 1. The van der Waals surface area contributed by atoms with Gasteiger partial charge in [0.2, 0.25) is 0 Å². The fourth-order valence-corrected chi connectivity index (χ4v) is 6.64. The number of piperidine rings is 1. The van der Waals surface area contributed by atoms with Crippen LogP contribution in [0.2, 0.25) is 0 Å². The van der Waals surface area contributed by atoms with Crippen LogP contribution in [0.15, 0.2) is 39.9 Å². The third-order valence-corrected chi connectivity index (χ3v) is 8.81. The summed E-state index contributed by atoms with van der Waals surface area (Å²) in [6.45, 7) is 0.163. The molecular weight excluding hydrogens is 410 g/mol. The average molecular weight is 434 g/mol. The van der Waals surface area contributed by atoms with E-state index in [1.165, 1.54) is 15.4 Å². The Labute approximate surface area is 174 Å². The van der Waals surface area contributed by atoms with Gasteiger partial charge in [-0.25, -0.2) is 8.42 Å². The van der Waals surface area contributed by atoms with E-state index in [0.29, 0.717) is 24.9 Å². The van der Waals surface area contributed by atoms with Crippen LogP contribution < -0.4 is 0 Å². The van der Waals surface area contributed by atoms with Crippen molar-refractivity contribution in [3.05, 3.63) is 52.4 Å². The van der Waals surface area contributed by atoms with Crippen molar-refractivity contribution in [1.29, 1.82) is 0 Å². The number of thiophene rings is 1. The van der Waals surface area contributed by atoms with Crippen molar-refractivity contribution in [3.63, 3.8) is 0 Å². The molecule has 1 atom stereocenters. The summed E-state index contributed by atoms with van der Waals surface area (Å²) in [7, 11) is -3.59. The first-order chi connectivity index (χ1) is 13.9. The first-order valence-corrected chi connectivity index (χ1v) is 12.1. The molecule has 0 amide bonds. The number of fused-ring (bicyclic) bond motifs is 1. The molecule has 2 aromatic rings. The van der Waals surface area contributed by atoms with Gasteiger partial charge in [-0.1, -0.05) is 18.2 Å². The van der Waals surface area contributed by atoms with Crippen molar-refractivity contribution in [3.8, 4) is 0 Å². The molecule has 8 heteroatoms. The van der Waals surface area contributed by atoms with E-state index >= 15 is 0 Å². The van der Waals surface area contributed by atoms with E-state index in [1.54, 1.807) is 23.6 Å². The van der Waals surface area contributed by atoms with E-state index in [2.05, 4.69) is 0 Å². The van der Waals surface area contributed by atoms with Crippen molar-refractivity contribution in [2.45, 2.75) is 36.3 Å². The van der Waals surface area contributed by atoms with Crippen molar-refractivity contribution < 1.29 is 22.7 Å². The van der Waals surface area contributed by atoms with Crippen molar-refractivity contribution >= 4 is 33.1 Å². The van der Waals surface area contributed by atoms with Crippen LogP contribution in [-0.2, 0) is 32.4 Å². The molecule has 0 bridgehead atoms. The minimum atomic E-state index is -3.59. The Hall–Kier alpha value is -2.03. The molecule has 2 heterocycles. The van der Waals surface area contributed by atoms with Crippen LogP contribution in [0.4, 0.5) is 0 Å². The second kappa shape index (κ2) is 8.38. The zero-order chi connectivity index (χ0) is 20.4. The third-order valence-electron chi connectivity index (χ3n) is 5.57. The second-order valence-corrected chi connectivity index (χ2v) is 10.6. The summed E-state index contributed by atoms with van der Waals surface area (Å²) in [5, 5.41) is 1.72. The average Bonchev–Trinajstić information content (AvgIpc) is 3.43. The number of ether oxygens (including phenoxy) is 1. The maximum atomic E-state index is 12.7. The smallest absolute Gasteiger partial charge is 0.310 e. The number of hydrogen-bond acceptors (Lipinski definition) is 6. The normalized spacial score (nSPS) is 19.7. The Morgan fingerprint density at radius 3 is 2.76 bits per heavy atom. The Kier molecular flexibility index (Phi) is 5.85. The maximum Gasteiger partial charge on any atom is 0.310 e. The summed E-state index contributed by atoms with van der Waals surface area (Å²) >= 11 is 1.16. The molecule has 1 aliphatic carbocycles. The van der Waals surface area contributed by atoms with E-state index in [-0.39, 0.29) is 23.1 Å². The van der Waals surface area contributed by atoms with Crippen molar-refractivity contribution in [2.24, 2.45) is 5.92 Å². The zero-order valence-corrected chi connectivity index (χ0v) is 17.6. The predicted octanol–water partition coefficient (Wildman–Crippen LogP) is 3.06. The van der Waals surface area contributed by atoms with Gasteiger partial charge in [-0.3, -0.25) is 9.59 Å². The van der Waals surface area contributed by atoms with Crippen molar-refractivity contribution in [1.82, 2.24) is 4.31 Å². The maximum absolute atomic E-state index is 12.7. The number of nitrogens with zero attached hydrogens (tertiary/aromatic N) is 1. The zero-order valence-electron chi connectivity index (χ0n) is 16.0. The Balaban J connectivity index is 1.35. The van der Waals surface area contributed by atoms with Crippen LogP contribution in [0.5, 0.6) is 0 Å². The molecule has 1 saturated heterocycles. The summed E-state index contributed by atoms with van der Waals surface area (Å²) in [5.74, 6) is -1.29. The predicted molar refractivity (Wildman–Crippen MR) is 110 cm³/mol. The molecule has 1 aromatic heterocycles. The molecule has 4 rings (SSSR count). The molecule has 0 N–H and O–H groups in total. The van der Waals surface area contributed by atoms with E-state index in [4.69, 9.17) is 4.74 Å². The fourth-order valence-electron chi connectivity index (χ4n) is 3.97. The first kappa shape index (κ1) is 20.3. The lowest BCUT2D eigenvalue weighted by Gasteiger charge is -2.30. The number of carbonyl (C=O) groups excluding carboxylic acids is 2. The second-order valence-electron chi connectivity index (χ2n) is 7.50.